The molecule has 0 radical (unpaired) electrons. The lowest BCUT2D eigenvalue weighted by molar-refractivity contribution is -0.385. The summed E-state index contributed by atoms with van der Waals surface area (Å²) in [7, 11) is 0. The first-order valence-electron chi connectivity index (χ1n) is 10.5. The van der Waals surface area contributed by atoms with E-state index in [1.807, 2.05) is 0 Å². The van der Waals surface area contributed by atoms with Crippen LogP contribution in [0.3, 0.4) is 0 Å². The molecule has 1 fully saturated rings. The third-order valence-corrected chi connectivity index (χ3v) is 5.13. The fourth-order valence-electron chi connectivity index (χ4n) is 3.35. The Labute approximate surface area is 198 Å². The summed E-state index contributed by atoms with van der Waals surface area (Å²) >= 11 is 0. The maximum absolute atomic E-state index is 13.2. The van der Waals surface area contributed by atoms with E-state index in [0.717, 1.165) is 18.2 Å². The van der Waals surface area contributed by atoms with Crippen molar-refractivity contribution in [3.8, 4) is 0 Å². The number of rotatable bonds is 7. The first-order chi connectivity index (χ1) is 16.6. The van der Waals surface area contributed by atoms with Gasteiger partial charge in [0.1, 0.15) is 0 Å². The third kappa shape index (κ3) is 6.79. The summed E-state index contributed by atoms with van der Waals surface area (Å²) in [6.07, 6.45) is -3.87. The summed E-state index contributed by atoms with van der Waals surface area (Å²) in [5.41, 5.74) is -0.704. The lowest BCUT2D eigenvalue weighted by atomic mass is 10.1. The van der Waals surface area contributed by atoms with Crippen LogP contribution in [0.15, 0.2) is 48.5 Å². The Morgan fingerprint density at radius 1 is 1.20 bits per heavy atom. The van der Waals surface area contributed by atoms with E-state index in [-0.39, 0.29) is 16.9 Å². The van der Waals surface area contributed by atoms with Gasteiger partial charge in [-0.05, 0) is 37.3 Å². The molecule has 1 N–H and O–H groups in total. The topological polar surface area (TPSA) is 111 Å². The van der Waals surface area contributed by atoms with Gasteiger partial charge >= 0.3 is 12.1 Å². The molecule has 1 aliphatic heterocycles. The first kappa shape index (κ1) is 25.7. The van der Waals surface area contributed by atoms with E-state index in [1.165, 1.54) is 37.3 Å². The number of amides is 1. The smallest absolute Gasteiger partial charge is 0.416 e. The molecule has 0 aliphatic carbocycles. The summed E-state index contributed by atoms with van der Waals surface area (Å²) in [4.78, 5) is 37.0. The van der Waals surface area contributed by atoms with Crippen LogP contribution >= 0.6 is 0 Å². The molecule has 0 spiro atoms. The number of esters is 1. The highest BCUT2D eigenvalue weighted by Crippen LogP contribution is 2.36. The van der Waals surface area contributed by atoms with E-state index in [4.69, 9.17) is 9.47 Å². The molecule has 2 aromatic rings. The standard InChI is InChI=1S/C23H22F3N3O6/c1-15(35-21(30)9-6-16-4-2-3-5-19(16)29(32)33)22(31)27-18-14-17(23(24,25)26)7-8-20(18)28-10-12-34-13-11-28/h2-9,14-15H,10-13H2,1H3,(H,27,31)/b9-6+. The number of ether oxygens (including phenoxy) is 2. The Morgan fingerprint density at radius 2 is 1.89 bits per heavy atom. The van der Waals surface area contributed by atoms with E-state index in [0.29, 0.717) is 32.0 Å². The monoisotopic (exact) mass is 493 g/mol. The molecular formula is C23H22F3N3O6. The summed E-state index contributed by atoms with van der Waals surface area (Å²) in [5, 5.41) is 13.5. The third-order valence-electron chi connectivity index (χ3n) is 5.13. The highest BCUT2D eigenvalue weighted by atomic mass is 19.4. The predicted octanol–water partition coefficient (Wildman–Crippen LogP) is 4.03. The van der Waals surface area contributed by atoms with Crippen LogP contribution in [-0.4, -0.2) is 49.2 Å². The normalized spacial score (nSPS) is 15.0. The number of para-hydroxylation sites is 1. The van der Waals surface area contributed by atoms with Gasteiger partial charge in [0.05, 0.1) is 40.6 Å². The molecule has 1 saturated heterocycles. The molecule has 0 aromatic heterocycles. The van der Waals surface area contributed by atoms with E-state index in [1.54, 1.807) is 11.0 Å². The number of alkyl halides is 3. The molecule has 1 heterocycles. The zero-order chi connectivity index (χ0) is 25.6. The average Bonchev–Trinajstić information content (AvgIpc) is 2.82. The number of nitrogens with one attached hydrogen (secondary N) is 1. The number of benzene rings is 2. The lowest BCUT2D eigenvalue weighted by Crippen LogP contribution is -2.37. The van der Waals surface area contributed by atoms with Crippen molar-refractivity contribution in [1.82, 2.24) is 0 Å². The minimum absolute atomic E-state index is 0.0786. The minimum Gasteiger partial charge on any atom is -0.449 e. The van der Waals surface area contributed by atoms with Gasteiger partial charge in [-0.1, -0.05) is 12.1 Å². The second-order valence-corrected chi connectivity index (χ2v) is 7.55. The number of carbonyl (C=O) groups excluding carboxylic acids is 2. The number of carbonyl (C=O) groups is 2. The first-order valence-corrected chi connectivity index (χ1v) is 10.5. The van der Waals surface area contributed by atoms with E-state index < -0.39 is 34.6 Å². The quantitative estimate of drug-likeness (QED) is 0.268. The van der Waals surface area contributed by atoms with Gasteiger partial charge in [0.25, 0.3) is 11.6 Å². The SMILES string of the molecule is CC(OC(=O)/C=C/c1ccccc1[N+](=O)[O-])C(=O)Nc1cc(C(F)(F)F)ccc1N1CCOCC1. The number of nitrogens with zero attached hydrogens (tertiary/aromatic N) is 2. The van der Waals surface area contributed by atoms with Gasteiger partial charge in [0.15, 0.2) is 6.10 Å². The molecule has 1 atom stereocenters. The Bertz CT molecular complexity index is 1130. The maximum atomic E-state index is 13.2. The van der Waals surface area contributed by atoms with Gasteiger partial charge in [0, 0.05) is 25.2 Å². The molecule has 1 aliphatic rings. The second-order valence-electron chi connectivity index (χ2n) is 7.55. The maximum Gasteiger partial charge on any atom is 0.416 e. The number of nitro groups is 1. The van der Waals surface area contributed by atoms with Crippen LogP contribution in [0.4, 0.5) is 30.2 Å². The fraction of sp³-hybridized carbons (Fsp3) is 0.304. The van der Waals surface area contributed by atoms with Crippen LogP contribution in [0.1, 0.15) is 18.1 Å². The molecule has 1 unspecified atom stereocenters. The van der Waals surface area contributed by atoms with Gasteiger partial charge < -0.3 is 19.7 Å². The van der Waals surface area contributed by atoms with Crippen molar-refractivity contribution in [2.24, 2.45) is 0 Å². The van der Waals surface area contributed by atoms with Crippen molar-refractivity contribution in [1.29, 1.82) is 0 Å². The molecule has 35 heavy (non-hydrogen) atoms. The molecule has 1 amide bonds. The summed E-state index contributed by atoms with van der Waals surface area (Å²) < 4.78 is 50.0. The van der Waals surface area contributed by atoms with Crippen molar-refractivity contribution in [3.05, 3.63) is 69.8 Å². The van der Waals surface area contributed by atoms with Crippen molar-refractivity contribution in [2.75, 3.05) is 36.5 Å². The molecule has 0 bridgehead atoms. The highest BCUT2D eigenvalue weighted by Gasteiger charge is 2.32. The molecular weight excluding hydrogens is 471 g/mol. The summed E-state index contributed by atoms with van der Waals surface area (Å²) in [6, 6.07) is 8.74. The number of nitro benzene ring substituents is 1. The molecule has 3 rings (SSSR count). The van der Waals surface area contributed by atoms with Crippen LogP contribution in [-0.2, 0) is 25.2 Å². The average molecular weight is 493 g/mol. The molecule has 2 aromatic carbocycles. The summed E-state index contributed by atoms with van der Waals surface area (Å²) in [6.45, 7) is 2.88. The number of anilines is 2. The molecule has 12 heteroatoms. The zero-order valence-corrected chi connectivity index (χ0v) is 18.6. The van der Waals surface area contributed by atoms with Crippen LogP contribution in [0.25, 0.3) is 6.08 Å². The van der Waals surface area contributed by atoms with Crippen molar-refractivity contribution in [2.45, 2.75) is 19.2 Å². The Hall–Kier alpha value is -3.93. The van der Waals surface area contributed by atoms with Crippen molar-refractivity contribution >= 4 is 35.0 Å². The zero-order valence-electron chi connectivity index (χ0n) is 18.6. The van der Waals surface area contributed by atoms with Crippen molar-refractivity contribution < 1.29 is 37.2 Å². The van der Waals surface area contributed by atoms with E-state index in [2.05, 4.69) is 5.32 Å². The minimum atomic E-state index is -4.62. The highest BCUT2D eigenvalue weighted by molar-refractivity contribution is 5.99. The number of morpholine rings is 1. The van der Waals surface area contributed by atoms with Crippen molar-refractivity contribution in [3.63, 3.8) is 0 Å². The Balaban J connectivity index is 1.72. The number of hydrogen-bond donors (Lipinski definition) is 1. The van der Waals surface area contributed by atoms with Crippen LogP contribution < -0.4 is 10.2 Å². The van der Waals surface area contributed by atoms with Gasteiger partial charge in [-0.2, -0.15) is 13.2 Å². The van der Waals surface area contributed by atoms with Crippen LogP contribution in [0.5, 0.6) is 0 Å². The fourth-order valence-corrected chi connectivity index (χ4v) is 3.35. The van der Waals surface area contributed by atoms with Crippen LogP contribution in [0, 0.1) is 10.1 Å². The van der Waals surface area contributed by atoms with Gasteiger partial charge in [-0.3, -0.25) is 14.9 Å². The molecule has 186 valence electrons. The number of halogens is 3. The van der Waals surface area contributed by atoms with E-state index in [9.17, 15) is 32.9 Å². The number of hydrogen-bond acceptors (Lipinski definition) is 7. The second kappa shape index (κ2) is 11.0. The summed E-state index contributed by atoms with van der Waals surface area (Å²) in [5.74, 6) is -1.80. The Morgan fingerprint density at radius 3 is 2.54 bits per heavy atom. The van der Waals surface area contributed by atoms with Crippen LogP contribution in [0.2, 0.25) is 0 Å². The predicted molar refractivity (Wildman–Crippen MR) is 121 cm³/mol. The van der Waals surface area contributed by atoms with Gasteiger partial charge in [-0.25, -0.2) is 4.79 Å². The lowest BCUT2D eigenvalue weighted by Gasteiger charge is -2.31. The molecule has 9 nitrogen and oxygen atoms in total. The van der Waals surface area contributed by atoms with E-state index >= 15 is 0 Å². The van der Waals surface area contributed by atoms with Gasteiger partial charge in [-0.15, -0.1) is 0 Å². The largest absolute Gasteiger partial charge is 0.449 e. The molecule has 0 saturated carbocycles. The Kier molecular flexibility index (Phi) is 8.07. The van der Waals surface area contributed by atoms with Gasteiger partial charge in [0.2, 0.25) is 0 Å².